The Morgan fingerprint density at radius 3 is 2.62 bits per heavy atom. The molecule has 0 spiro atoms. The largest absolute Gasteiger partial charge is 0.343 e. The summed E-state index contributed by atoms with van der Waals surface area (Å²) in [6, 6.07) is 14.0. The molecule has 2 aromatic rings. The maximum absolute atomic E-state index is 12.0. The fraction of sp³-hybridized carbons (Fsp3) is 0.167. The number of benzene rings is 2. The first kappa shape index (κ1) is 15.7. The third kappa shape index (κ3) is 3.27. The van der Waals surface area contributed by atoms with E-state index in [2.05, 4.69) is 10.6 Å². The highest BCUT2D eigenvalue weighted by Crippen LogP contribution is 2.29. The molecule has 6 nitrogen and oxygen atoms in total. The minimum Gasteiger partial charge on any atom is -0.343 e. The molecular formula is C18H17N3O3. The van der Waals surface area contributed by atoms with Gasteiger partial charge in [-0.3, -0.25) is 14.4 Å². The molecule has 3 rings (SSSR count). The van der Waals surface area contributed by atoms with Crippen LogP contribution in [0.25, 0.3) is 0 Å². The Bertz CT molecular complexity index is 802. The SMILES string of the molecule is CN1C(=O)Cc2cc(NC(=O)CNC(=O)c3ccccc3)ccc21. The van der Waals surface area contributed by atoms with Crippen molar-refractivity contribution in [2.24, 2.45) is 0 Å². The second kappa shape index (κ2) is 6.54. The molecule has 3 amide bonds. The highest BCUT2D eigenvalue weighted by atomic mass is 16.2. The van der Waals surface area contributed by atoms with Crippen molar-refractivity contribution in [2.75, 3.05) is 23.8 Å². The number of carbonyl (C=O) groups excluding carboxylic acids is 3. The summed E-state index contributed by atoms with van der Waals surface area (Å²) in [5, 5.41) is 5.30. The zero-order valence-corrected chi connectivity index (χ0v) is 13.2. The molecule has 6 heteroatoms. The second-order valence-electron chi connectivity index (χ2n) is 5.57. The van der Waals surface area contributed by atoms with Gasteiger partial charge in [-0.25, -0.2) is 0 Å². The number of fused-ring (bicyclic) bond motifs is 1. The van der Waals surface area contributed by atoms with E-state index in [-0.39, 0.29) is 24.3 Å². The molecule has 24 heavy (non-hydrogen) atoms. The fourth-order valence-corrected chi connectivity index (χ4v) is 2.61. The average Bonchev–Trinajstić information content (AvgIpc) is 2.87. The van der Waals surface area contributed by atoms with Crippen molar-refractivity contribution >= 4 is 29.1 Å². The Labute approximate surface area is 139 Å². The number of nitrogens with zero attached hydrogens (tertiary/aromatic N) is 1. The number of likely N-dealkylation sites (N-methyl/N-ethyl adjacent to an activating group) is 1. The highest BCUT2D eigenvalue weighted by molar-refractivity contribution is 6.02. The van der Waals surface area contributed by atoms with E-state index >= 15 is 0 Å². The quantitative estimate of drug-likeness (QED) is 0.896. The lowest BCUT2D eigenvalue weighted by Gasteiger charge is -2.11. The predicted molar refractivity (Wildman–Crippen MR) is 91.0 cm³/mol. The second-order valence-corrected chi connectivity index (χ2v) is 5.57. The molecule has 0 aliphatic carbocycles. The van der Waals surface area contributed by atoms with Crippen LogP contribution in [0.2, 0.25) is 0 Å². The van der Waals surface area contributed by atoms with E-state index in [0.29, 0.717) is 17.7 Å². The number of anilines is 2. The van der Waals surface area contributed by atoms with Gasteiger partial charge >= 0.3 is 0 Å². The minimum absolute atomic E-state index is 0.0311. The summed E-state index contributed by atoms with van der Waals surface area (Å²) in [5.41, 5.74) is 2.85. The third-order valence-electron chi connectivity index (χ3n) is 3.89. The van der Waals surface area contributed by atoms with E-state index in [0.717, 1.165) is 11.3 Å². The first-order valence-electron chi connectivity index (χ1n) is 7.57. The van der Waals surface area contributed by atoms with Crippen molar-refractivity contribution in [3.63, 3.8) is 0 Å². The predicted octanol–water partition coefficient (Wildman–Crippen LogP) is 1.57. The lowest BCUT2D eigenvalue weighted by Crippen LogP contribution is -2.32. The Morgan fingerprint density at radius 2 is 1.88 bits per heavy atom. The first-order chi connectivity index (χ1) is 11.5. The van der Waals surface area contributed by atoms with Gasteiger partial charge in [-0.15, -0.1) is 0 Å². The zero-order chi connectivity index (χ0) is 17.1. The fourth-order valence-electron chi connectivity index (χ4n) is 2.61. The molecular weight excluding hydrogens is 306 g/mol. The van der Waals surface area contributed by atoms with Gasteiger partial charge in [0.1, 0.15) is 0 Å². The van der Waals surface area contributed by atoms with Crippen molar-refractivity contribution in [3.8, 4) is 0 Å². The van der Waals surface area contributed by atoms with Crippen LogP contribution < -0.4 is 15.5 Å². The van der Waals surface area contributed by atoms with Gasteiger partial charge < -0.3 is 15.5 Å². The van der Waals surface area contributed by atoms with Crippen LogP contribution in [0.5, 0.6) is 0 Å². The van der Waals surface area contributed by atoms with Crippen molar-refractivity contribution in [3.05, 3.63) is 59.7 Å². The van der Waals surface area contributed by atoms with Gasteiger partial charge in [0.05, 0.1) is 13.0 Å². The monoisotopic (exact) mass is 323 g/mol. The van der Waals surface area contributed by atoms with Gasteiger partial charge in [-0.1, -0.05) is 18.2 Å². The number of nitrogens with one attached hydrogen (secondary N) is 2. The van der Waals surface area contributed by atoms with Crippen LogP contribution in [0.4, 0.5) is 11.4 Å². The van der Waals surface area contributed by atoms with Crippen LogP contribution in [-0.4, -0.2) is 31.3 Å². The lowest BCUT2D eigenvalue weighted by molar-refractivity contribution is -0.117. The smallest absolute Gasteiger partial charge is 0.251 e. The summed E-state index contributed by atoms with van der Waals surface area (Å²) in [4.78, 5) is 37.1. The van der Waals surface area contributed by atoms with E-state index in [4.69, 9.17) is 0 Å². The maximum Gasteiger partial charge on any atom is 0.251 e. The summed E-state index contributed by atoms with van der Waals surface area (Å²) in [6.45, 7) is -0.121. The molecule has 0 radical (unpaired) electrons. The Morgan fingerprint density at radius 1 is 1.12 bits per heavy atom. The van der Waals surface area contributed by atoms with E-state index in [1.54, 1.807) is 54.4 Å². The number of hydrogen-bond donors (Lipinski definition) is 2. The van der Waals surface area contributed by atoms with Gasteiger partial charge in [0.2, 0.25) is 11.8 Å². The van der Waals surface area contributed by atoms with E-state index in [1.807, 2.05) is 6.07 Å². The van der Waals surface area contributed by atoms with Crippen molar-refractivity contribution in [1.82, 2.24) is 5.32 Å². The van der Waals surface area contributed by atoms with E-state index < -0.39 is 0 Å². The molecule has 0 atom stereocenters. The molecule has 2 aromatic carbocycles. The van der Waals surface area contributed by atoms with Gasteiger partial charge in [0.15, 0.2) is 0 Å². The minimum atomic E-state index is -0.322. The Kier molecular flexibility index (Phi) is 4.29. The molecule has 2 N–H and O–H groups in total. The summed E-state index contributed by atoms with van der Waals surface area (Å²) in [7, 11) is 1.73. The summed E-state index contributed by atoms with van der Waals surface area (Å²) in [6.07, 6.45) is 0.334. The topological polar surface area (TPSA) is 78.5 Å². The highest BCUT2D eigenvalue weighted by Gasteiger charge is 2.24. The number of rotatable bonds is 4. The van der Waals surface area contributed by atoms with Crippen LogP contribution in [0, 0.1) is 0 Å². The Balaban J connectivity index is 1.57. The van der Waals surface area contributed by atoms with E-state index in [1.165, 1.54) is 0 Å². The normalized spacial score (nSPS) is 12.7. The molecule has 0 fully saturated rings. The van der Waals surface area contributed by atoms with Crippen molar-refractivity contribution < 1.29 is 14.4 Å². The molecule has 0 bridgehead atoms. The number of carbonyl (C=O) groups is 3. The molecule has 1 aliphatic heterocycles. The van der Waals surface area contributed by atoms with Gasteiger partial charge in [0.25, 0.3) is 5.91 Å². The van der Waals surface area contributed by atoms with E-state index in [9.17, 15) is 14.4 Å². The summed E-state index contributed by atoms with van der Waals surface area (Å²) >= 11 is 0. The average molecular weight is 323 g/mol. The Hall–Kier alpha value is -3.15. The van der Waals surface area contributed by atoms with Crippen molar-refractivity contribution in [1.29, 1.82) is 0 Å². The van der Waals surface area contributed by atoms with Gasteiger partial charge in [-0.2, -0.15) is 0 Å². The molecule has 0 aromatic heterocycles. The van der Waals surface area contributed by atoms with Crippen LogP contribution >= 0.6 is 0 Å². The number of hydrogen-bond acceptors (Lipinski definition) is 3. The standard InChI is InChI=1S/C18H17N3O3/c1-21-15-8-7-14(9-13(15)10-17(21)23)20-16(22)11-19-18(24)12-5-3-2-4-6-12/h2-9H,10-11H2,1H3,(H,19,24)(H,20,22). The summed E-state index contributed by atoms with van der Waals surface area (Å²) < 4.78 is 0. The maximum atomic E-state index is 12.0. The first-order valence-corrected chi connectivity index (χ1v) is 7.57. The molecule has 1 aliphatic rings. The number of amides is 3. The van der Waals surface area contributed by atoms with Gasteiger partial charge in [-0.05, 0) is 35.9 Å². The molecule has 0 unspecified atom stereocenters. The lowest BCUT2D eigenvalue weighted by atomic mass is 10.1. The summed E-state index contributed by atoms with van der Waals surface area (Å²) in [5.74, 6) is -0.590. The molecule has 0 saturated carbocycles. The van der Waals surface area contributed by atoms with Crippen molar-refractivity contribution in [2.45, 2.75) is 6.42 Å². The molecule has 1 heterocycles. The van der Waals surface area contributed by atoms with Crippen LogP contribution in [-0.2, 0) is 16.0 Å². The van der Waals surface area contributed by atoms with Crippen LogP contribution in [0.3, 0.4) is 0 Å². The molecule has 122 valence electrons. The van der Waals surface area contributed by atoms with Crippen LogP contribution in [0.15, 0.2) is 48.5 Å². The molecule has 0 saturated heterocycles. The third-order valence-corrected chi connectivity index (χ3v) is 3.89. The van der Waals surface area contributed by atoms with Gasteiger partial charge in [0, 0.05) is 24.0 Å². The van der Waals surface area contributed by atoms with Crippen LogP contribution in [0.1, 0.15) is 15.9 Å². The zero-order valence-electron chi connectivity index (χ0n) is 13.2.